The highest BCUT2D eigenvalue weighted by Gasteiger charge is 2.27. The molecule has 1 aromatic carbocycles. The maximum atomic E-state index is 12.8. The number of amides is 1. The fourth-order valence-electron chi connectivity index (χ4n) is 3.47. The summed E-state index contributed by atoms with van der Waals surface area (Å²) in [5.74, 6) is 0.712. The lowest BCUT2D eigenvalue weighted by Crippen LogP contribution is -2.32. The Labute approximate surface area is 143 Å². The predicted octanol–water partition coefficient (Wildman–Crippen LogP) is 2.68. The Morgan fingerprint density at radius 2 is 2.25 bits per heavy atom. The lowest BCUT2D eigenvalue weighted by molar-refractivity contribution is 0.0784. The average Bonchev–Trinajstić information content (AvgIpc) is 3.26. The first kappa shape index (κ1) is 16.7. The van der Waals surface area contributed by atoms with Crippen LogP contribution in [0.15, 0.2) is 42.7 Å². The van der Waals surface area contributed by atoms with Crippen molar-refractivity contribution >= 4 is 5.91 Å². The van der Waals surface area contributed by atoms with E-state index in [9.17, 15) is 4.79 Å². The Balaban J connectivity index is 1.64. The van der Waals surface area contributed by atoms with E-state index in [1.165, 1.54) is 6.42 Å². The van der Waals surface area contributed by atoms with Crippen molar-refractivity contribution in [3.05, 3.63) is 48.3 Å². The summed E-state index contributed by atoms with van der Waals surface area (Å²) in [6.45, 7) is 6.11. The van der Waals surface area contributed by atoms with Crippen molar-refractivity contribution in [2.24, 2.45) is 5.92 Å². The molecule has 3 rings (SSSR count). The topological polar surface area (TPSA) is 41.4 Å². The number of likely N-dealkylation sites (tertiary alicyclic amines) is 1. The van der Waals surface area contributed by atoms with Crippen molar-refractivity contribution in [3.63, 3.8) is 0 Å². The minimum absolute atomic E-state index is 0.129. The van der Waals surface area contributed by atoms with E-state index < -0.39 is 0 Å². The van der Waals surface area contributed by atoms with E-state index in [-0.39, 0.29) is 5.91 Å². The van der Waals surface area contributed by atoms with Crippen molar-refractivity contribution in [1.82, 2.24) is 19.6 Å². The summed E-state index contributed by atoms with van der Waals surface area (Å²) in [4.78, 5) is 17.2. The molecule has 1 amide bonds. The number of carbonyl (C=O) groups excluding carboxylic acids is 1. The highest BCUT2D eigenvalue weighted by Crippen LogP contribution is 2.20. The van der Waals surface area contributed by atoms with Crippen molar-refractivity contribution in [2.75, 3.05) is 33.2 Å². The van der Waals surface area contributed by atoms with Gasteiger partial charge in [-0.25, -0.2) is 4.68 Å². The minimum atomic E-state index is 0.129. The van der Waals surface area contributed by atoms with Crippen LogP contribution in [0.1, 0.15) is 30.1 Å². The van der Waals surface area contributed by atoms with Gasteiger partial charge >= 0.3 is 0 Å². The second kappa shape index (κ2) is 7.62. The molecule has 2 aromatic rings. The van der Waals surface area contributed by atoms with Gasteiger partial charge in [0.05, 0.1) is 5.69 Å². The van der Waals surface area contributed by atoms with Crippen molar-refractivity contribution < 1.29 is 4.79 Å². The zero-order valence-corrected chi connectivity index (χ0v) is 14.6. The molecule has 0 radical (unpaired) electrons. The number of nitrogens with zero attached hydrogens (tertiary/aromatic N) is 4. The predicted molar refractivity (Wildman–Crippen MR) is 95.4 cm³/mol. The molecule has 24 heavy (non-hydrogen) atoms. The van der Waals surface area contributed by atoms with E-state index in [0.717, 1.165) is 43.9 Å². The van der Waals surface area contributed by atoms with Gasteiger partial charge in [-0.3, -0.25) is 4.79 Å². The molecule has 1 aliphatic rings. The van der Waals surface area contributed by atoms with Crippen LogP contribution >= 0.6 is 0 Å². The van der Waals surface area contributed by atoms with Crippen LogP contribution in [0.2, 0.25) is 0 Å². The van der Waals surface area contributed by atoms with Gasteiger partial charge in [0.15, 0.2) is 0 Å². The first-order valence-corrected chi connectivity index (χ1v) is 8.75. The van der Waals surface area contributed by atoms with Gasteiger partial charge in [0.1, 0.15) is 0 Å². The molecule has 0 N–H and O–H groups in total. The van der Waals surface area contributed by atoms with Gasteiger partial charge in [-0.1, -0.05) is 13.0 Å². The van der Waals surface area contributed by atoms with Crippen LogP contribution in [0.5, 0.6) is 0 Å². The number of rotatable bonds is 6. The average molecular weight is 326 g/mol. The number of aromatic nitrogens is 2. The number of benzene rings is 1. The molecule has 1 fully saturated rings. The van der Waals surface area contributed by atoms with Crippen LogP contribution in [-0.2, 0) is 0 Å². The molecule has 0 saturated carbocycles. The van der Waals surface area contributed by atoms with Crippen molar-refractivity contribution in [3.8, 4) is 5.69 Å². The van der Waals surface area contributed by atoms with Crippen molar-refractivity contribution in [1.29, 1.82) is 0 Å². The van der Waals surface area contributed by atoms with Gasteiger partial charge in [-0.2, -0.15) is 5.10 Å². The second-order valence-electron chi connectivity index (χ2n) is 6.67. The summed E-state index contributed by atoms with van der Waals surface area (Å²) in [5.41, 5.74) is 1.66. The molecule has 0 aliphatic carbocycles. The zero-order valence-electron chi connectivity index (χ0n) is 14.6. The quantitative estimate of drug-likeness (QED) is 0.819. The van der Waals surface area contributed by atoms with E-state index in [2.05, 4.69) is 24.0 Å². The Bertz CT molecular complexity index is 668. The first-order chi connectivity index (χ1) is 11.7. The Morgan fingerprint density at radius 1 is 1.38 bits per heavy atom. The van der Waals surface area contributed by atoms with Gasteiger partial charge < -0.3 is 9.80 Å². The Morgan fingerprint density at radius 3 is 3.00 bits per heavy atom. The summed E-state index contributed by atoms with van der Waals surface area (Å²) < 4.78 is 1.78. The molecule has 1 saturated heterocycles. The smallest absolute Gasteiger partial charge is 0.253 e. The normalized spacial score (nSPS) is 17.6. The largest absolute Gasteiger partial charge is 0.338 e. The van der Waals surface area contributed by atoms with Crippen LogP contribution in [-0.4, -0.2) is 58.7 Å². The summed E-state index contributed by atoms with van der Waals surface area (Å²) in [6, 6.07) is 9.59. The monoisotopic (exact) mass is 326 g/mol. The maximum absolute atomic E-state index is 12.8. The minimum Gasteiger partial charge on any atom is -0.338 e. The molecule has 1 aliphatic heterocycles. The molecular formula is C19H26N4O. The molecule has 0 unspecified atom stereocenters. The fourth-order valence-corrected chi connectivity index (χ4v) is 3.47. The second-order valence-corrected chi connectivity index (χ2v) is 6.67. The summed E-state index contributed by atoms with van der Waals surface area (Å²) in [6.07, 6.45) is 5.90. The van der Waals surface area contributed by atoms with Crippen LogP contribution in [0, 0.1) is 5.92 Å². The highest BCUT2D eigenvalue weighted by atomic mass is 16.2. The third kappa shape index (κ3) is 3.85. The molecular weight excluding hydrogens is 300 g/mol. The van der Waals surface area contributed by atoms with Crippen LogP contribution in [0.4, 0.5) is 0 Å². The maximum Gasteiger partial charge on any atom is 0.253 e. The molecule has 0 bridgehead atoms. The van der Waals surface area contributed by atoms with Gasteiger partial charge in [0.25, 0.3) is 5.91 Å². The third-order valence-corrected chi connectivity index (χ3v) is 4.61. The van der Waals surface area contributed by atoms with Gasteiger partial charge in [-0.05, 0) is 56.6 Å². The molecule has 2 heterocycles. The van der Waals surface area contributed by atoms with E-state index in [1.54, 1.807) is 10.9 Å². The molecule has 1 atom stereocenters. The molecule has 0 spiro atoms. The molecule has 128 valence electrons. The SMILES string of the molecule is CCCN(C)C[C@H]1CCN(C(=O)c2cccc(-n3cccn3)c2)C1. The lowest BCUT2D eigenvalue weighted by Gasteiger charge is -2.21. The van der Waals surface area contributed by atoms with Crippen LogP contribution in [0.25, 0.3) is 5.69 Å². The number of hydrogen-bond donors (Lipinski definition) is 0. The van der Waals surface area contributed by atoms with E-state index in [4.69, 9.17) is 0 Å². The van der Waals surface area contributed by atoms with E-state index >= 15 is 0 Å². The van der Waals surface area contributed by atoms with Gasteiger partial charge in [0.2, 0.25) is 0 Å². The summed E-state index contributed by atoms with van der Waals surface area (Å²) in [7, 11) is 2.17. The fraction of sp³-hybridized carbons (Fsp3) is 0.474. The van der Waals surface area contributed by atoms with Crippen molar-refractivity contribution in [2.45, 2.75) is 19.8 Å². The lowest BCUT2D eigenvalue weighted by atomic mass is 10.1. The first-order valence-electron chi connectivity index (χ1n) is 8.75. The summed E-state index contributed by atoms with van der Waals surface area (Å²) in [5, 5.41) is 4.23. The standard InChI is InChI=1S/C19H26N4O/c1-3-10-21(2)14-16-8-12-22(15-16)19(24)17-6-4-7-18(13-17)23-11-5-9-20-23/h4-7,9,11,13,16H,3,8,10,12,14-15H2,1-2H3/t16-/m1/s1. The van der Waals surface area contributed by atoms with Gasteiger partial charge in [-0.15, -0.1) is 0 Å². The zero-order chi connectivity index (χ0) is 16.9. The van der Waals surface area contributed by atoms with E-state index in [0.29, 0.717) is 5.92 Å². The molecule has 5 nitrogen and oxygen atoms in total. The van der Waals surface area contributed by atoms with Gasteiger partial charge in [0, 0.05) is 37.6 Å². The molecule has 5 heteroatoms. The summed E-state index contributed by atoms with van der Waals surface area (Å²) >= 11 is 0. The van der Waals surface area contributed by atoms with E-state index in [1.807, 2.05) is 41.4 Å². The Kier molecular flexibility index (Phi) is 5.30. The molecule has 1 aromatic heterocycles. The number of carbonyl (C=O) groups is 1. The Hall–Kier alpha value is -2.14. The number of hydrogen-bond acceptors (Lipinski definition) is 3. The van der Waals surface area contributed by atoms with Crippen LogP contribution < -0.4 is 0 Å². The van der Waals surface area contributed by atoms with Crippen LogP contribution in [0.3, 0.4) is 0 Å². The highest BCUT2D eigenvalue weighted by molar-refractivity contribution is 5.94. The third-order valence-electron chi connectivity index (χ3n) is 4.61.